The van der Waals surface area contributed by atoms with Crippen LogP contribution in [0.25, 0.3) is 0 Å². The van der Waals surface area contributed by atoms with E-state index < -0.39 is 91.5 Å². The van der Waals surface area contributed by atoms with Gasteiger partial charge in [-0.2, -0.15) is 0 Å². The average molecular weight is 1300 g/mol. The van der Waals surface area contributed by atoms with Crippen molar-refractivity contribution in [3.8, 4) is 0 Å². The lowest BCUT2D eigenvalue weighted by molar-refractivity contribution is -0.161. The number of allylic oxidation sites excluding steroid dienone is 8. The Morgan fingerprint density at radius 3 is 0.910 bits per heavy atom. The van der Waals surface area contributed by atoms with E-state index in [1.807, 2.05) is 0 Å². The van der Waals surface area contributed by atoms with Crippen LogP contribution in [0.2, 0.25) is 0 Å². The van der Waals surface area contributed by atoms with Crippen molar-refractivity contribution >= 4 is 33.6 Å². The summed E-state index contributed by atoms with van der Waals surface area (Å²) in [5.74, 6) is -1.56. The first-order chi connectivity index (χ1) is 43.2. The predicted octanol–water partition coefficient (Wildman–Crippen LogP) is 20.0. The summed E-state index contributed by atoms with van der Waals surface area (Å²) in [6.45, 7) is 2.69. The van der Waals surface area contributed by atoms with E-state index in [1.165, 1.54) is 173 Å². The molecule has 89 heavy (non-hydrogen) atoms. The van der Waals surface area contributed by atoms with Crippen LogP contribution in [-0.2, 0) is 55.8 Å². The molecule has 0 radical (unpaired) electrons. The molecule has 0 saturated heterocycles. The quantitative estimate of drug-likeness (QED) is 0.0146. The van der Waals surface area contributed by atoms with Gasteiger partial charge in [0.1, 0.15) is 25.4 Å². The third-order valence-corrected chi connectivity index (χ3v) is 17.5. The molecule has 0 aromatic heterocycles. The molecule has 0 bridgehead atoms. The van der Waals surface area contributed by atoms with E-state index in [0.29, 0.717) is 19.3 Å². The Morgan fingerprint density at radius 1 is 0.315 bits per heavy atom. The summed E-state index contributed by atoms with van der Waals surface area (Å²) < 4.78 is 60.9. The highest BCUT2D eigenvalue weighted by molar-refractivity contribution is 7.47. The van der Waals surface area contributed by atoms with E-state index in [9.17, 15) is 43.5 Å². The second-order valence-electron chi connectivity index (χ2n) is 24.4. The third kappa shape index (κ3) is 66.8. The van der Waals surface area contributed by atoms with E-state index in [1.54, 1.807) is 0 Å². The summed E-state index contributed by atoms with van der Waals surface area (Å²) in [5.41, 5.74) is 0. The van der Waals surface area contributed by atoms with Crippen molar-refractivity contribution in [2.24, 2.45) is 0 Å². The van der Waals surface area contributed by atoms with E-state index in [-0.39, 0.29) is 19.3 Å². The zero-order valence-electron chi connectivity index (χ0n) is 56.6. The molecule has 4 N–H and O–H groups in total. The lowest BCUT2D eigenvalue weighted by Gasteiger charge is -2.21. The molecule has 0 fully saturated rings. The number of unbranched alkanes of at least 4 members (excludes halogenated alkanes) is 38. The Morgan fingerprint density at radius 2 is 0.562 bits per heavy atom. The van der Waals surface area contributed by atoms with E-state index in [0.717, 1.165) is 96.3 Å². The average Bonchev–Trinajstić information content (AvgIpc) is 3.70. The Kier molecular flexibility index (Phi) is 63.7. The molecular weight excluding hydrogens is 1170 g/mol. The van der Waals surface area contributed by atoms with Crippen LogP contribution in [0.4, 0.5) is 0 Å². The molecule has 16 nitrogen and oxygen atoms in total. The summed E-state index contributed by atoms with van der Waals surface area (Å²) in [4.78, 5) is 58.4. The molecule has 0 rings (SSSR count). The summed E-state index contributed by atoms with van der Waals surface area (Å²) in [6, 6.07) is 0. The lowest BCUT2D eigenvalue weighted by Crippen LogP contribution is -2.30. The molecule has 0 aliphatic heterocycles. The Labute approximate surface area is 542 Å². The van der Waals surface area contributed by atoms with Gasteiger partial charge in [-0.15, -0.1) is 0 Å². The highest BCUT2D eigenvalue weighted by Gasteiger charge is 2.29. The minimum absolute atomic E-state index is 0.113. The monoisotopic (exact) mass is 1300 g/mol. The molecule has 0 saturated carbocycles. The number of aliphatic hydroxyl groups is 2. The van der Waals surface area contributed by atoms with E-state index >= 15 is 0 Å². The Hall–Kier alpha value is -2.49. The lowest BCUT2D eigenvalue weighted by atomic mass is 10.0. The van der Waals surface area contributed by atoms with Crippen molar-refractivity contribution < 1.29 is 75.8 Å². The van der Waals surface area contributed by atoms with Gasteiger partial charge in [0.05, 0.1) is 26.4 Å². The van der Waals surface area contributed by atoms with Gasteiger partial charge < -0.3 is 34.2 Å². The minimum atomic E-state index is -4.91. The first-order valence-electron chi connectivity index (χ1n) is 35.9. The molecule has 0 aromatic rings. The summed E-state index contributed by atoms with van der Waals surface area (Å²) in [7, 11) is -9.76. The van der Waals surface area contributed by atoms with Crippen LogP contribution < -0.4 is 0 Å². The number of rotatable bonds is 69. The number of hydrogen-bond acceptors (Lipinski definition) is 14. The fourth-order valence-corrected chi connectivity index (χ4v) is 11.6. The number of hydrogen-bond donors (Lipinski definition) is 4. The van der Waals surface area contributed by atoms with Crippen molar-refractivity contribution in [2.75, 3.05) is 39.6 Å². The Balaban J connectivity index is 4.49. The number of esters is 3. The van der Waals surface area contributed by atoms with Crippen LogP contribution in [0.1, 0.15) is 329 Å². The third-order valence-electron chi connectivity index (χ3n) is 15.6. The largest absolute Gasteiger partial charge is 0.472 e. The number of aliphatic hydroxyl groups excluding tert-OH is 2. The molecule has 5 atom stereocenters. The van der Waals surface area contributed by atoms with Crippen molar-refractivity contribution in [1.82, 2.24) is 0 Å². The van der Waals surface area contributed by atoms with Crippen LogP contribution in [0.5, 0.6) is 0 Å². The van der Waals surface area contributed by atoms with Gasteiger partial charge in [-0.25, -0.2) is 9.13 Å². The van der Waals surface area contributed by atoms with Gasteiger partial charge in [0.25, 0.3) is 0 Å². The van der Waals surface area contributed by atoms with Gasteiger partial charge in [-0.1, -0.05) is 294 Å². The van der Waals surface area contributed by atoms with Crippen molar-refractivity contribution in [3.05, 3.63) is 48.6 Å². The molecule has 0 heterocycles. The molecule has 0 aliphatic carbocycles. The van der Waals surface area contributed by atoms with Gasteiger partial charge in [-0.05, 0) is 64.2 Å². The number of phosphoric ester groups is 2. The van der Waals surface area contributed by atoms with Crippen LogP contribution in [0, 0.1) is 0 Å². The van der Waals surface area contributed by atoms with Gasteiger partial charge in [-0.3, -0.25) is 32.5 Å². The van der Waals surface area contributed by atoms with Crippen LogP contribution in [-0.4, -0.2) is 95.9 Å². The first-order valence-corrected chi connectivity index (χ1v) is 38.9. The highest BCUT2D eigenvalue weighted by Crippen LogP contribution is 2.45. The molecule has 0 spiro atoms. The van der Waals surface area contributed by atoms with Crippen molar-refractivity contribution in [2.45, 2.75) is 347 Å². The molecule has 18 heteroatoms. The predicted molar refractivity (Wildman–Crippen MR) is 362 cm³/mol. The molecule has 0 amide bonds. The standard InChI is InChI=1S/C71H132O16P2/c1-4-7-10-13-16-19-22-25-27-28-29-30-31-32-33-34-35-36-38-41-42-45-48-51-54-57-69(74)81-60-66(72)61-83-88(77,78)84-62-67(73)63-85-89(79,80)86-65-68(87-71(76)59-56-53-50-47-44-39-24-21-18-15-12-9-6-3)64-82-70(75)58-55-52-49-46-43-40-37-26-23-20-17-14-11-8-5-2/h16,19,25,27,29-30,32-33,66-68,72-73H,4-15,17-18,20-24,26,28,31,34-65H2,1-3H3,(H,77,78)(H,79,80)/b19-16-,27-25-,30-29-,33-32-. The maximum atomic E-state index is 12.9. The molecule has 522 valence electrons. The Bertz CT molecular complexity index is 1830. The summed E-state index contributed by atoms with van der Waals surface area (Å²) in [6.07, 6.45) is 65.9. The zero-order valence-corrected chi connectivity index (χ0v) is 58.4. The smallest absolute Gasteiger partial charge is 0.463 e. The van der Waals surface area contributed by atoms with Crippen LogP contribution >= 0.6 is 15.6 Å². The molecule has 0 aliphatic rings. The minimum Gasteiger partial charge on any atom is -0.463 e. The molecular formula is C71H132O16P2. The van der Waals surface area contributed by atoms with Gasteiger partial charge in [0.15, 0.2) is 6.10 Å². The van der Waals surface area contributed by atoms with Gasteiger partial charge >= 0.3 is 33.6 Å². The van der Waals surface area contributed by atoms with Crippen molar-refractivity contribution in [3.63, 3.8) is 0 Å². The second-order valence-corrected chi connectivity index (χ2v) is 27.3. The number of ether oxygens (including phenoxy) is 3. The molecule has 0 aromatic carbocycles. The van der Waals surface area contributed by atoms with E-state index in [2.05, 4.69) is 69.4 Å². The fraction of sp³-hybridized carbons (Fsp3) is 0.845. The van der Waals surface area contributed by atoms with Crippen molar-refractivity contribution in [1.29, 1.82) is 0 Å². The number of carbonyl (C=O) groups is 3. The first kappa shape index (κ1) is 86.5. The molecule has 5 unspecified atom stereocenters. The second kappa shape index (κ2) is 65.6. The normalized spacial score (nSPS) is 14.5. The highest BCUT2D eigenvalue weighted by atomic mass is 31.2. The van der Waals surface area contributed by atoms with Gasteiger partial charge in [0, 0.05) is 19.3 Å². The summed E-state index contributed by atoms with van der Waals surface area (Å²) >= 11 is 0. The topological polar surface area (TPSA) is 231 Å². The fourth-order valence-electron chi connectivity index (χ4n) is 10.0. The van der Waals surface area contributed by atoms with Crippen LogP contribution in [0.3, 0.4) is 0 Å². The van der Waals surface area contributed by atoms with E-state index in [4.69, 9.17) is 32.3 Å². The SMILES string of the molecule is CCCCC/C=C\C/C=C\C/C=C\C/C=C\CCCCCCCCCCCC(=O)OCC(O)COP(=O)(O)OCC(O)COP(=O)(O)OCC(COC(=O)CCCCCCCCCCCCCCCCC)OC(=O)CCCCCCCCCCCCCCC. The maximum Gasteiger partial charge on any atom is 0.472 e. The number of carbonyl (C=O) groups excluding carboxylic acids is 3. The zero-order chi connectivity index (χ0) is 65.3. The summed E-state index contributed by atoms with van der Waals surface area (Å²) in [5, 5.41) is 20.6. The maximum absolute atomic E-state index is 12.9. The van der Waals surface area contributed by atoms with Crippen LogP contribution in [0.15, 0.2) is 48.6 Å². The number of phosphoric acid groups is 2. The van der Waals surface area contributed by atoms with Gasteiger partial charge in [0.2, 0.25) is 0 Å².